The molecule has 0 aromatic carbocycles. The highest BCUT2D eigenvalue weighted by Crippen LogP contribution is 2.17. The van der Waals surface area contributed by atoms with Crippen molar-refractivity contribution in [1.29, 1.82) is 0 Å². The molecule has 2 N–H and O–H groups in total. The molecule has 1 aliphatic heterocycles. The molecule has 2 rings (SSSR count). The van der Waals surface area contributed by atoms with E-state index < -0.39 is 26.3 Å². The summed E-state index contributed by atoms with van der Waals surface area (Å²) in [7, 11) is -7.28. The third-order valence-electron chi connectivity index (χ3n) is 4.17. The monoisotopic (exact) mass is 368 g/mol. The lowest BCUT2D eigenvalue weighted by molar-refractivity contribution is 0.235. The Morgan fingerprint density at radius 2 is 1.43 bits per heavy atom. The molecule has 0 aromatic rings. The van der Waals surface area contributed by atoms with Gasteiger partial charge in [-0.1, -0.05) is 19.3 Å². The van der Waals surface area contributed by atoms with Gasteiger partial charge >= 0.3 is 16.2 Å². The molecule has 1 saturated heterocycles. The van der Waals surface area contributed by atoms with Gasteiger partial charge in [0.25, 0.3) is 0 Å². The number of hydrogen-bond donors (Lipinski definition) is 2. The Balaban J connectivity index is 1.85. The van der Waals surface area contributed by atoms with Gasteiger partial charge in [-0.15, -0.1) is 0 Å². The van der Waals surface area contributed by atoms with Crippen LogP contribution in [0.4, 0.5) is 4.79 Å². The second-order valence-corrected chi connectivity index (χ2v) is 9.63. The first-order valence-electron chi connectivity index (χ1n) is 7.72. The number of amides is 2. The number of carbonyl (C=O) groups excluding carboxylic acids is 1. The van der Waals surface area contributed by atoms with Gasteiger partial charge in [-0.25, -0.2) is 17.9 Å². The van der Waals surface area contributed by atoms with E-state index in [-0.39, 0.29) is 32.2 Å². The molecule has 134 valence electrons. The Kier molecular flexibility index (Phi) is 5.87. The van der Waals surface area contributed by atoms with Crippen LogP contribution in [0.3, 0.4) is 0 Å². The smallest absolute Gasteiger partial charge is 0.329 e. The Morgan fingerprint density at radius 3 is 1.96 bits per heavy atom. The molecular formula is C12H24N4O5S2. The number of sulfonamides is 1. The molecule has 2 amide bonds. The Hall–Kier alpha value is -0.910. The minimum atomic E-state index is -3.95. The number of nitrogens with one attached hydrogen (secondary N) is 2. The molecule has 0 aromatic heterocycles. The topological polar surface area (TPSA) is 116 Å². The zero-order valence-corrected chi connectivity index (χ0v) is 14.8. The summed E-state index contributed by atoms with van der Waals surface area (Å²) in [6.07, 6.45) is 6.02. The van der Waals surface area contributed by atoms with E-state index >= 15 is 0 Å². The Bertz CT molecular complexity index is 620. The van der Waals surface area contributed by atoms with Crippen molar-refractivity contribution in [2.24, 2.45) is 0 Å². The number of carbonyl (C=O) groups is 1. The molecular weight excluding hydrogens is 344 g/mol. The Morgan fingerprint density at radius 1 is 0.913 bits per heavy atom. The third kappa shape index (κ3) is 5.30. The molecule has 1 aliphatic carbocycles. The van der Waals surface area contributed by atoms with Crippen molar-refractivity contribution in [1.82, 2.24) is 18.6 Å². The van der Waals surface area contributed by atoms with Crippen LogP contribution in [0.1, 0.15) is 32.1 Å². The van der Waals surface area contributed by atoms with E-state index in [1.807, 2.05) is 4.72 Å². The molecule has 0 atom stereocenters. The predicted octanol–water partition coefficient (Wildman–Crippen LogP) is -0.560. The van der Waals surface area contributed by atoms with Crippen LogP contribution in [-0.2, 0) is 20.2 Å². The largest absolute Gasteiger partial charge is 0.335 e. The standard InChI is InChI=1S/C12H24N4O5S2/c1-22(18,19)15-7-9-16(10-8-15)23(20,21)14-12(17)13-11-5-3-2-4-6-11/h11H,2-10H2,1H3,(H2,13,14,17). The SMILES string of the molecule is CS(=O)(=O)N1CCN(S(=O)(=O)NC(=O)NC2CCCCC2)CC1. The molecule has 0 radical (unpaired) electrons. The molecule has 11 heteroatoms. The van der Waals surface area contributed by atoms with Crippen molar-refractivity contribution in [3.63, 3.8) is 0 Å². The predicted molar refractivity (Wildman–Crippen MR) is 85.5 cm³/mol. The summed E-state index contributed by atoms with van der Waals surface area (Å²) in [5.74, 6) is 0. The van der Waals surface area contributed by atoms with E-state index in [0.717, 1.165) is 42.7 Å². The van der Waals surface area contributed by atoms with Crippen molar-refractivity contribution < 1.29 is 21.6 Å². The third-order valence-corrected chi connectivity index (χ3v) is 6.96. The van der Waals surface area contributed by atoms with Gasteiger partial charge in [0, 0.05) is 32.2 Å². The van der Waals surface area contributed by atoms with E-state index in [1.165, 1.54) is 4.31 Å². The first kappa shape index (κ1) is 18.4. The molecule has 2 aliphatic rings. The highest BCUT2D eigenvalue weighted by atomic mass is 32.2. The molecule has 1 saturated carbocycles. The van der Waals surface area contributed by atoms with Crippen LogP contribution in [0.2, 0.25) is 0 Å². The average Bonchev–Trinajstić information content (AvgIpc) is 2.47. The summed E-state index contributed by atoms with van der Waals surface area (Å²) >= 11 is 0. The van der Waals surface area contributed by atoms with Gasteiger partial charge < -0.3 is 5.32 Å². The van der Waals surface area contributed by atoms with Crippen molar-refractivity contribution in [2.45, 2.75) is 38.1 Å². The molecule has 0 unspecified atom stereocenters. The van der Waals surface area contributed by atoms with E-state index in [4.69, 9.17) is 0 Å². The summed E-state index contributed by atoms with van der Waals surface area (Å²) in [5.41, 5.74) is 0. The van der Waals surface area contributed by atoms with Crippen LogP contribution in [-0.4, -0.2) is 70.0 Å². The van der Waals surface area contributed by atoms with E-state index in [1.54, 1.807) is 0 Å². The number of urea groups is 1. The molecule has 0 bridgehead atoms. The molecule has 0 spiro atoms. The van der Waals surface area contributed by atoms with Gasteiger partial charge in [0.2, 0.25) is 10.0 Å². The number of piperazine rings is 1. The summed E-state index contributed by atoms with van der Waals surface area (Å²) in [6, 6.07) is -0.705. The quantitative estimate of drug-likeness (QED) is 0.690. The minimum Gasteiger partial charge on any atom is -0.335 e. The van der Waals surface area contributed by atoms with Gasteiger partial charge in [-0.3, -0.25) is 0 Å². The van der Waals surface area contributed by atoms with Crippen LogP contribution in [0, 0.1) is 0 Å². The van der Waals surface area contributed by atoms with E-state index in [0.29, 0.717) is 0 Å². The van der Waals surface area contributed by atoms with Crippen LogP contribution >= 0.6 is 0 Å². The minimum absolute atomic E-state index is 0.0148. The average molecular weight is 368 g/mol. The number of rotatable bonds is 4. The molecule has 2 fully saturated rings. The van der Waals surface area contributed by atoms with Gasteiger partial charge in [0.15, 0.2) is 0 Å². The summed E-state index contributed by atoms with van der Waals surface area (Å²) in [5, 5.41) is 2.68. The lowest BCUT2D eigenvalue weighted by Gasteiger charge is -2.32. The lowest BCUT2D eigenvalue weighted by atomic mass is 9.96. The van der Waals surface area contributed by atoms with Crippen molar-refractivity contribution in [3.8, 4) is 0 Å². The summed E-state index contributed by atoms with van der Waals surface area (Å²) in [4.78, 5) is 11.9. The number of hydrogen-bond acceptors (Lipinski definition) is 5. The Labute approximate surface area is 137 Å². The highest BCUT2D eigenvalue weighted by molar-refractivity contribution is 7.88. The fraction of sp³-hybridized carbons (Fsp3) is 0.917. The zero-order valence-electron chi connectivity index (χ0n) is 13.2. The molecule has 23 heavy (non-hydrogen) atoms. The summed E-state index contributed by atoms with van der Waals surface area (Å²) in [6.45, 7) is 0.228. The maximum atomic E-state index is 12.2. The van der Waals surface area contributed by atoms with Gasteiger partial charge in [-0.05, 0) is 12.8 Å². The fourth-order valence-corrected chi connectivity index (χ4v) is 4.78. The van der Waals surface area contributed by atoms with Gasteiger partial charge in [-0.2, -0.15) is 17.0 Å². The number of nitrogens with zero attached hydrogens (tertiary/aromatic N) is 2. The van der Waals surface area contributed by atoms with Crippen LogP contribution < -0.4 is 10.0 Å². The first-order chi connectivity index (χ1) is 10.7. The van der Waals surface area contributed by atoms with E-state index in [2.05, 4.69) is 5.32 Å². The maximum Gasteiger partial charge on any atom is 0.329 e. The molecule has 9 nitrogen and oxygen atoms in total. The van der Waals surface area contributed by atoms with Crippen LogP contribution in [0.25, 0.3) is 0 Å². The van der Waals surface area contributed by atoms with E-state index in [9.17, 15) is 21.6 Å². The van der Waals surface area contributed by atoms with Crippen LogP contribution in [0.15, 0.2) is 0 Å². The van der Waals surface area contributed by atoms with Crippen molar-refractivity contribution in [2.75, 3.05) is 32.4 Å². The zero-order chi connectivity index (χ0) is 17.1. The van der Waals surface area contributed by atoms with Gasteiger partial charge in [0.05, 0.1) is 6.26 Å². The van der Waals surface area contributed by atoms with Crippen LogP contribution in [0.5, 0.6) is 0 Å². The summed E-state index contributed by atoms with van der Waals surface area (Å²) < 4.78 is 51.5. The van der Waals surface area contributed by atoms with Gasteiger partial charge in [0.1, 0.15) is 0 Å². The fourth-order valence-electron chi connectivity index (χ4n) is 2.89. The maximum absolute atomic E-state index is 12.2. The van der Waals surface area contributed by atoms with Crippen molar-refractivity contribution in [3.05, 3.63) is 0 Å². The second-order valence-electron chi connectivity index (χ2n) is 5.98. The normalized spacial score (nSPS) is 22.7. The second kappa shape index (κ2) is 7.32. The molecule has 1 heterocycles. The lowest BCUT2D eigenvalue weighted by Crippen LogP contribution is -2.55. The van der Waals surface area contributed by atoms with Crippen molar-refractivity contribution >= 4 is 26.3 Å². The highest BCUT2D eigenvalue weighted by Gasteiger charge is 2.31. The first-order valence-corrected chi connectivity index (χ1v) is 11.0.